The number of nitrogens with zero attached hydrogens (tertiary/aromatic N) is 3. The Morgan fingerprint density at radius 1 is 1.32 bits per heavy atom. The Bertz CT molecular complexity index is 632. The van der Waals surface area contributed by atoms with Gasteiger partial charge in [-0.3, -0.25) is 4.99 Å². The molecule has 0 saturated carbocycles. The monoisotopic (exact) mass is 365 g/mol. The summed E-state index contributed by atoms with van der Waals surface area (Å²) in [5.41, 5.74) is 1.93. The Labute approximate surface area is 140 Å². The first-order chi connectivity index (χ1) is 10.6. The third-order valence-electron chi connectivity index (χ3n) is 3.38. The first-order valence-electron chi connectivity index (χ1n) is 7.66. The molecule has 0 unspecified atom stereocenters. The third kappa shape index (κ3) is 5.02. The molecule has 0 spiro atoms. The van der Waals surface area contributed by atoms with E-state index in [9.17, 15) is 0 Å². The van der Waals surface area contributed by atoms with Crippen LogP contribution >= 0.6 is 15.9 Å². The fourth-order valence-corrected chi connectivity index (χ4v) is 2.57. The quantitative estimate of drug-likeness (QED) is 0.469. The molecule has 0 aromatic carbocycles. The summed E-state index contributed by atoms with van der Waals surface area (Å²) in [6, 6.07) is 3.99. The molecule has 0 aliphatic heterocycles. The minimum atomic E-state index is 0.656. The SMILES string of the molecule is CN=C(NCCCC(C)C)NCc1cn2cc(Br)ccc2n1. The van der Waals surface area contributed by atoms with Crippen LogP contribution in [0.25, 0.3) is 5.65 Å². The zero-order valence-corrected chi connectivity index (χ0v) is 15.0. The predicted molar refractivity (Wildman–Crippen MR) is 95.2 cm³/mol. The van der Waals surface area contributed by atoms with E-state index >= 15 is 0 Å². The van der Waals surface area contributed by atoms with Gasteiger partial charge in [0.05, 0.1) is 12.2 Å². The van der Waals surface area contributed by atoms with Crippen molar-refractivity contribution in [3.63, 3.8) is 0 Å². The maximum absolute atomic E-state index is 4.58. The fraction of sp³-hybridized carbons (Fsp3) is 0.500. The van der Waals surface area contributed by atoms with Gasteiger partial charge in [0.25, 0.3) is 0 Å². The number of nitrogens with one attached hydrogen (secondary N) is 2. The standard InChI is InChI=1S/C16H24BrN5/c1-12(2)5-4-8-19-16(18-3)20-9-14-11-22-10-13(17)6-7-15(22)21-14/h6-7,10-12H,4-5,8-9H2,1-3H3,(H2,18,19,20). The molecule has 5 nitrogen and oxygen atoms in total. The predicted octanol–water partition coefficient (Wildman–Crippen LogP) is 3.20. The van der Waals surface area contributed by atoms with E-state index in [2.05, 4.69) is 50.4 Å². The summed E-state index contributed by atoms with van der Waals surface area (Å²) in [5.74, 6) is 1.57. The molecular formula is C16H24BrN5. The number of pyridine rings is 1. The summed E-state index contributed by atoms with van der Waals surface area (Å²) in [4.78, 5) is 8.82. The van der Waals surface area contributed by atoms with E-state index in [-0.39, 0.29) is 0 Å². The molecule has 2 aromatic rings. The van der Waals surface area contributed by atoms with Crippen LogP contribution in [0.5, 0.6) is 0 Å². The first-order valence-corrected chi connectivity index (χ1v) is 8.45. The highest BCUT2D eigenvalue weighted by Crippen LogP contribution is 2.12. The molecule has 120 valence electrons. The zero-order valence-electron chi connectivity index (χ0n) is 13.4. The molecule has 2 N–H and O–H groups in total. The summed E-state index contributed by atoms with van der Waals surface area (Å²) in [6.07, 6.45) is 6.41. The van der Waals surface area contributed by atoms with Crippen molar-refractivity contribution in [2.75, 3.05) is 13.6 Å². The lowest BCUT2D eigenvalue weighted by molar-refractivity contribution is 0.549. The first kappa shape index (κ1) is 16.8. The summed E-state index contributed by atoms with van der Waals surface area (Å²) < 4.78 is 3.06. The Kier molecular flexibility index (Phi) is 6.24. The van der Waals surface area contributed by atoms with Gasteiger partial charge in [0, 0.05) is 30.5 Å². The number of fused-ring (bicyclic) bond motifs is 1. The number of hydrogen-bond donors (Lipinski definition) is 2. The minimum Gasteiger partial charge on any atom is -0.356 e. The fourth-order valence-electron chi connectivity index (χ4n) is 2.21. The number of halogens is 1. The molecule has 2 heterocycles. The molecule has 0 fully saturated rings. The van der Waals surface area contributed by atoms with Crippen LogP contribution in [0.4, 0.5) is 0 Å². The lowest BCUT2D eigenvalue weighted by atomic mass is 10.1. The average molecular weight is 366 g/mol. The molecule has 0 aliphatic rings. The maximum atomic E-state index is 4.58. The van der Waals surface area contributed by atoms with Gasteiger partial charge in [-0.15, -0.1) is 0 Å². The van der Waals surface area contributed by atoms with Crippen LogP contribution in [0.3, 0.4) is 0 Å². The number of guanidine groups is 1. The summed E-state index contributed by atoms with van der Waals surface area (Å²) >= 11 is 3.47. The molecule has 6 heteroatoms. The van der Waals surface area contributed by atoms with Crippen LogP contribution in [0.15, 0.2) is 34.0 Å². The molecule has 0 saturated heterocycles. The van der Waals surface area contributed by atoms with Gasteiger partial charge in [-0.2, -0.15) is 0 Å². The molecule has 22 heavy (non-hydrogen) atoms. The Balaban J connectivity index is 1.84. The van der Waals surface area contributed by atoms with Crippen molar-refractivity contribution in [3.05, 3.63) is 34.7 Å². The minimum absolute atomic E-state index is 0.656. The second-order valence-corrected chi connectivity index (χ2v) is 6.65. The van der Waals surface area contributed by atoms with Gasteiger partial charge in [-0.05, 0) is 46.8 Å². The van der Waals surface area contributed by atoms with E-state index in [1.807, 2.05) is 28.9 Å². The van der Waals surface area contributed by atoms with E-state index in [1.165, 1.54) is 6.42 Å². The molecule has 0 bridgehead atoms. The van der Waals surface area contributed by atoms with Crippen molar-refractivity contribution in [2.45, 2.75) is 33.2 Å². The van der Waals surface area contributed by atoms with Crippen LogP contribution < -0.4 is 10.6 Å². The van der Waals surface area contributed by atoms with E-state index in [0.717, 1.165) is 40.7 Å². The third-order valence-corrected chi connectivity index (χ3v) is 3.85. The van der Waals surface area contributed by atoms with Gasteiger partial charge in [0.1, 0.15) is 5.65 Å². The molecule has 0 amide bonds. The highest BCUT2D eigenvalue weighted by atomic mass is 79.9. The van der Waals surface area contributed by atoms with Crippen molar-refractivity contribution >= 4 is 27.5 Å². The molecule has 0 aliphatic carbocycles. The van der Waals surface area contributed by atoms with Crippen molar-refractivity contribution in [1.29, 1.82) is 0 Å². The molecule has 2 aromatic heterocycles. The number of hydrogen-bond acceptors (Lipinski definition) is 2. The Morgan fingerprint density at radius 3 is 2.86 bits per heavy atom. The summed E-state index contributed by atoms with van der Waals surface area (Å²) in [5, 5.41) is 6.64. The molecular weight excluding hydrogens is 342 g/mol. The van der Waals surface area contributed by atoms with E-state index in [1.54, 1.807) is 7.05 Å². The van der Waals surface area contributed by atoms with Crippen LogP contribution in [0.2, 0.25) is 0 Å². The number of aromatic nitrogens is 2. The van der Waals surface area contributed by atoms with Gasteiger partial charge in [-0.1, -0.05) is 13.8 Å². The van der Waals surface area contributed by atoms with Crippen molar-refractivity contribution in [2.24, 2.45) is 10.9 Å². The summed E-state index contributed by atoms with van der Waals surface area (Å²) in [7, 11) is 1.79. The van der Waals surface area contributed by atoms with Crippen molar-refractivity contribution < 1.29 is 0 Å². The maximum Gasteiger partial charge on any atom is 0.191 e. The van der Waals surface area contributed by atoms with Crippen LogP contribution in [0, 0.1) is 5.92 Å². The summed E-state index contributed by atoms with van der Waals surface area (Å²) in [6.45, 7) is 6.09. The molecule has 0 radical (unpaired) electrons. The van der Waals surface area contributed by atoms with Gasteiger partial charge in [0.15, 0.2) is 5.96 Å². The van der Waals surface area contributed by atoms with Crippen molar-refractivity contribution in [1.82, 2.24) is 20.0 Å². The smallest absolute Gasteiger partial charge is 0.191 e. The van der Waals surface area contributed by atoms with Gasteiger partial charge >= 0.3 is 0 Å². The molecule has 0 atom stereocenters. The highest BCUT2D eigenvalue weighted by Gasteiger charge is 2.03. The number of rotatable bonds is 6. The van der Waals surface area contributed by atoms with Gasteiger partial charge in [-0.25, -0.2) is 4.98 Å². The zero-order chi connectivity index (χ0) is 15.9. The van der Waals surface area contributed by atoms with Crippen LogP contribution in [-0.2, 0) is 6.54 Å². The Morgan fingerprint density at radius 2 is 2.14 bits per heavy atom. The lowest BCUT2D eigenvalue weighted by Crippen LogP contribution is -2.37. The number of aliphatic imine (C=N–C) groups is 1. The number of imidazole rings is 1. The normalized spacial score (nSPS) is 12.1. The van der Waals surface area contributed by atoms with E-state index in [0.29, 0.717) is 6.54 Å². The van der Waals surface area contributed by atoms with E-state index < -0.39 is 0 Å². The topological polar surface area (TPSA) is 53.7 Å². The molecule has 2 rings (SSSR count). The highest BCUT2D eigenvalue weighted by molar-refractivity contribution is 9.10. The Hall–Kier alpha value is -1.56. The van der Waals surface area contributed by atoms with Crippen LogP contribution in [-0.4, -0.2) is 28.9 Å². The van der Waals surface area contributed by atoms with Gasteiger partial charge in [0.2, 0.25) is 0 Å². The lowest BCUT2D eigenvalue weighted by Gasteiger charge is -2.11. The van der Waals surface area contributed by atoms with E-state index in [4.69, 9.17) is 0 Å². The second kappa shape index (κ2) is 8.17. The average Bonchev–Trinajstić information content (AvgIpc) is 2.88. The second-order valence-electron chi connectivity index (χ2n) is 5.73. The van der Waals surface area contributed by atoms with Gasteiger partial charge < -0.3 is 15.0 Å². The largest absolute Gasteiger partial charge is 0.356 e. The van der Waals surface area contributed by atoms with Crippen molar-refractivity contribution in [3.8, 4) is 0 Å². The van der Waals surface area contributed by atoms with Crippen LogP contribution in [0.1, 0.15) is 32.4 Å².